The highest BCUT2D eigenvalue weighted by Gasteiger charge is 2.10. The molecule has 0 spiro atoms. The van der Waals surface area contributed by atoms with Gasteiger partial charge in [0, 0.05) is 5.69 Å². The number of aromatic carboxylic acids is 1. The number of anilines is 2. The van der Waals surface area contributed by atoms with Crippen LogP contribution >= 0.6 is 11.3 Å². The Morgan fingerprint density at radius 2 is 2.31 bits per heavy atom. The van der Waals surface area contributed by atoms with E-state index in [4.69, 9.17) is 5.11 Å². The number of hydrogen-bond acceptors (Lipinski definition) is 5. The second-order valence-corrected chi connectivity index (χ2v) is 3.70. The number of rotatable bonds is 3. The zero-order chi connectivity index (χ0) is 11.5. The van der Waals surface area contributed by atoms with Crippen molar-refractivity contribution in [2.75, 3.05) is 5.32 Å². The van der Waals surface area contributed by atoms with Crippen molar-refractivity contribution in [2.24, 2.45) is 0 Å². The fourth-order valence-corrected chi connectivity index (χ4v) is 1.58. The Kier molecular flexibility index (Phi) is 2.78. The first-order chi connectivity index (χ1) is 7.66. The van der Waals surface area contributed by atoms with Crippen LogP contribution in [0.5, 0.6) is 0 Å². The van der Waals surface area contributed by atoms with Crippen LogP contribution in [-0.4, -0.2) is 21.3 Å². The van der Waals surface area contributed by atoms with Crippen molar-refractivity contribution in [1.82, 2.24) is 10.2 Å². The second-order valence-electron chi connectivity index (χ2n) is 2.87. The minimum absolute atomic E-state index is 0.359. The summed E-state index contributed by atoms with van der Waals surface area (Å²) in [6.07, 6.45) is 0. The molecule has 5 nitrogen and oxygen atoms in total. The van der Waals surface area contributed by atoms with Crippen molar-refractivity contribution in [3.8, 4) is 0 Å². The molecule has 0 aliphatic heterocycles. The summed E-state index contributed by atoms with van der Waals surface area (Å²) >= 11 is 1.26. The molecule has 0 saturated heterocycles. The molecule has 1 aromatic heterocycles. The minimum Gasteiger partial charge on any atom is -0.478 e. The van der Waals surface area contributed by atoms with E-state index in [1.54, 1.807) is 0 Å². The van der Waals surface area contributed by atoms with Gasteiger partial charge >= 0.3 is 5.97 Å². The van der Waals surface area contributed by atoms with Crippen molar-refractivity contribution in [3.63, 3.8) is 0 Å². The summed E-state index contributed by atoms with van der Waals surface area (Å²) in [5.74, 6) is -2.08. The highest BCUT2D eigenvalue weighted by Crippen LogP contribution is 2.20. The van der Waals surface area contributed by atoms with Gasteiger partial charge in [-0.2, -0.15) is 0 Å². The topological polar surface area (TPSA) is 75.1 Å². The van der Waals surface area contributed by atoms with E-state index in [0.717, 1.165) is 6.07 Å². The predicted molar refractivity (Wildman–Crippen MR) is 56.6 cm³/mol. The summed E-state index contributed by atoms with van der Waals surface area (Å²) in [5.41, 5.74) is 1.60. The molecule has 0 bridgehead atoms. The van der Waals surface area contributed by atoms with Crippen LogP contribution in [0.2, 0.25) is 0 Å². The number of carboxylic acid groups (broad SMARTS) is 1. The Labute approximate surface area is 93.6 Å². The maximum absolute atomic E-state index is 13.3. The molecule has 0 radical (unpaired) electrons. The average Bonchev–Trinajstić information content (AvgIpc) is 2.70. The molecule has 82 valence electrons. The molecular formula is C9H6FN3O2S. The largest absolute Gasteiger partial charge is 0.478 e. The van der Waals surface area contributed by atoms with Crippen molar-refractivity contribution in [2.45, 2.75) is 0 Å². The highest BCUT2D eigenvalue weighted by atomic mass is 32.1. The van der Waals surface area contributed by atoms with E-state index in [2.05, 4.69) is 15.5 Å². The molecule has 0 atom stereocenters. The number of aromatic nitrogens is 2. The molecule has 2 N–H and O–H groups in total. The molecule has 7 heteroatoms. The Morgan fingerprint density at radius 3 is 2.88 bits per heavy atom. The Bertz CT molecular complexity index is 515. The van der Waals surface area contributed by atoms with Gasteiger partial charge in [0.2, 0.25) is 5.13 Å². The van der Waals surface area contributed by atoms with Crippen molar-refractivity contribution in [3.05, 3.63) is 35.1 Å². The number of nitrogens with zero attached hydrogens (tertiary/aromatic N) is 2. The van der Waals surface area contributed by atoms with E-state index in [1.165, 1.54) is 29.0 Å². The molecule has 0 unspecified atom stereocenters. The van der Waals surface area contributed by atoms with Gasteiger partial charge in [0.15, 0.2) is 0 Å². The first-order valence-electron chi connectivity index (χ1n) is 4.23. The van der Waals surface area contributed by atoms with Gasteiger partial charge in [-0.05, 0) is 18.2 Å². The summed E-state index contributed by atoms with van der Waals surface area (Å²) in [5, 5.41) is 19.3. The van der Waals surface area contributed by atoms with Gasteiger partial charge in [0.1, 0.15) is 11.3 Å². The monoisotopic (exact) mass is 239 g/mol. The molecule has 16 heavy (non-hydrogen) atoms. The molecule has 2 aromatic rings. The van der Waals surface area contributed by atoms with Gasteiger partial charge in [-0.3, -0.25) is 0 Å². The van der Waals surface area contributed by atoms with Gasteiger partial charge in [-0.15, -0.1) is 10.2 Å². The number of benzene rings is 1. The number of hydrogen-bond donors (Lipinski definition) is 2. The van der Waals surface area contributed by atoms with Crippen LogP contribution in [-0.2, 0) is 0 Å². The van der Waals surface area contributed by atoms with E-state index in [-0.39, 0.29) is 5.56 Å². The van der Waals surface area contributed by atoms with Gasteiger partial charge in [-0.1, -0.05) is 11.3 Å². The average molecular weight is 239 g/mol. The lowest BCUT2D eigenvalue weighted by molar-refractivity contribution is 0.0692. The van der Waals surface area contributed by atoms with Crippen molar-refractivity contribution in [1.29, 1.82) is 0 Å². The molecule has 0 aliphatic rings. The summed E-state index contributed by atoms with van der Waals surface area (Å²) in [4.78, 5) is 10.6. The van der Waals surface area contributed by atoms with E-state index in [9.17, 15) is 9.18 Å². The summed E-state index contributed by atoms with van der Waals surface area (Å²) in [6, 6.07) is 3.76. The number of nitrogens with one attached hydrogen (secondary N) is 1. The van der Waals surface area contributed by atoms with E-state index >= 15 is 0 Å². The standard InChI is InChI=1S/C9H6FN3O2S/c10-7-3-5(1-2-6(7)8(14)15)12-9-13-11-4-16-9/h1-4H,(H,12,13)(H,14,15). The lowest BCUT2D eigenvalue weighted by atomic mass is 10.2. The predicted octanol–water partition coefficient (Wildman–Crippen LogP) is 2.12. The lowest BCUT2D eigenvalue weighted by Crippen LogP contribution is -2.01. The molecule has 0 amide bonds. The van der Waals surface area contributed by atoms with Crippen LogP contribution in [0.3, 0.4) is 0 Å². The van der Waals surface area contributed by atoms with Crippen molar-refractivity contribution >= 4 is 28.1 Å². The zero-order valence-electron chi connectivity index (χ0n) is 7.85. The fourth-order valence-electron chi connectivity index (χ4n) is 1.12. The third-order valence-electron chi connectivity index (χ3n) is 1.81. The highest BCUT2D eigenvalue weighted by molar-refractivity contribution is 7.13. The van der Waals surface area contributed by atoms with Crippen LogP contribution in [0.4, 0.5) is 15.2 Å². The molecule has 0 fully saturated rings. The Hall–Kier alpha value is -2.02. The summed E-state index contributed by atoms with van der Waals surface area (Å²) in [7, 11) is 0. The SMILES string of the molecule is O=C(O)c1ccc(Nc2nncs2)cc1F. The van der Waals surface area contributed by atoms with Crippen LogP contribution in [0, 0.1) is 5.82 Å². The Morgan fingerprint density at radius 1 is 1.50 bits per heavy atom. The van der Waals surface area contributed by atoms with Crippen molar-refractivity contribution < 1.29 is 14.3 Å². The smallest absolute Gasteiger partial charge is 0.338 e. The second kappa shape index (κ2) is 4.23. The van der Waals surface area contributed by atoms with Gasteiger partial charge in [-0.25, -0.2) is 9.18 Å². The zero-order valence-corrected chi connectivity index (χ0v) is 8.66. The van der Waals surface area contributed by atoms with Gasteiger partial charge in [0.25, 0.3) is 0 Å². The first-order valence-corrected chi connectivity index (χ1v) is 5.11. The maximum atomic E-state index is 13.3. The van der Waals surface area contributed by atoms with E-state index < -0.39 is 11.8 Å². The fraction of sp³-hybridized carbons (Fsp3) is 0. The normalized spacial score (nSPS) is 10.1. The lowest BCUT2D eigenvalue weighted by Gasteiger charge is -2.03. The number of halogens is 1. The quantitative estimate of drug-likeness (QED) is 0.858. The van der Waals surface area contributed by atoms with E-state index in [0.29, 0.717) is 10.8 Å². The molecular weight excluding hydrogens is 233 g/mol. The number of carboxylic acids is 1. The summed E-state index contributed by atoms with van der Waals surface area (Å²) < 4.78 is 13.3. The Balaban J connectivity index is 2.24. The molecule has 1 aromatic carbocycles. The van der Waals surface area contributed by atoms with Gasteiger partial charge < -0.3 is 10.4 Å². The maximum Gasteiger partial charge on any atom is 0.338 e. The molecule has 0 aliphatic carbocycles. The molecule has 2 rings (SSSR count). The van der Waals surface area contributed by atoms with Gasteiger partial charge in [0.05, 0.1) is 5.56 Å². The first kappa shape index (κ1) is 10.5. The third kappa shape index (κ3) is 2.14. The van der Waals surface area contributed by atoms with Crippen LogP contribution in [0.15, 0.2) is 23.7 Å². The minimum atomic E-state index is -1.29. The summed E-state index contributed by atoms with van der Waals surface area (Å²) in [6.45, 7) is 0. The van der Waals surface area contributed by atoms with Crippen LogP contribution < -0.4 is 5.32 Å². The van der Waals surface area contributed by atoms with Crippen LogP contribution in [0.25, 0.3) is 0 Å². The third-order valence-corrected chi connectivity index (χ3v) is 2.42. The molecule has 0 saturated carbocycles. The van der Waals surface area contributed by atoms with Crippen LogP contribution in [0.1, 0.15) is 10.4 Å². The molecule has 1 heterocycles. The number of carbonyl (C=O) groups is 1. The van der Waals surface area contributed by atoms with E-state index in [1.807, 2.05) is 0 Å².